The van der Waals surface area contributed by atoms with E-state index in [0.717, 1.165) is 65.0 Å². The number of amides is 2. The number of likely N-dealkylation sites (N-methyl/N-ethyl adjacent to an activating group) is 1. The van der Waals surface area contributed by atoms with Crippen molar-refractivity contribution in [2.75, 3.05) is 26.0 Å². The van der Waals surface area contributed by atoms with Crippen LogP contribution in [0.5, 0.6) is 11.5 Å². The summed E-state index contributed by atoms with van der Waals surface area (Å²) in [6, 6.07) is 15.3. The van der Waals surface area contributed by atoms with E-state index in [2.05, 4.69) is 33.6 Å². The van der Waals surface area contributed by atoms with Crippen LogP contribution in [0.25, 0.3) is 11.1 Å². The second kappa shape index (κ2) is 13.3. The van der Waals surface area contributed by atoms with Crippen molar-refractivity contribution in [1.82, 2.24) is 25.2 Å². The van der Waals surface area contributed by atoms with Gasteiger partial charge in [0.2, 0.25) is 0 Å². The molecule has 49 heavy (non-hydrogen) atoms. The fourth-order valence-corrected chi connectivity index (χ4v) is 7.50. The van der Waals surface area contributed by atoms with Gasteiger partial charge in [-0.05, 0) is 61.6 Å². The molecule has 7 rings (SSSR count). The van der Waals surface area contributed by atoms with Crippen LogP contribution < -0.4 is 25.6 Å². The number of hydrogen-bond donors (Lipinski definition) is 4. The maximum Gasteiger partial charge on any atom is 0.291 e. The van der Waals surface area contributed by atoms with Crippen molar-refractivity contribution in [2.45, 2.75) is 56.8 Å². The summed E-state index contributed by atoms with van der Waals surface area (Å²) in [5, 5.41) is 16.2. The van der Waals surface area contributed by atoms with Crippen LogP contribution in [0.3, 0.4) is 0 Å². The van der Waals surface area contributed by atoms with Crippen LogP contribution in [0.15, 0.2) is 48.5 Å². The van der Waals surface area contributed by atoms with Crippen LogP contribution >= 0.6 is 23.2 Å². The lowest BCUT2D eigenvalue weighted by Crippen LogP contribution is -2.45. The Labute approximate surface area is 294 Å². The Hall–Kier alpha value is -4.13. The number of halogens is 2. The van der Waals surface area contributed by atoms with Crippen molar-refractivity contribution in [3.05, 3.63) is 92.5 Å². The molecule has 1 unspecified atom stereocenters. The van der Waals surface area contributed by atoms with Crippen molar-refractivity contribution in [3.63, 3.8) is 0 Å². The van der Waals surface area contributed by atoms with Gasteiger partial charge >= 0.3 is 0 Å². The highest BCUT2D eigenvalue weighted by Crippen LogP contribution is 2.45. The van der Waals surface area contributed by atoms with E-state index in [4.69, 9.17) is 37.9 Å². The third-order valence-electron chi connectivity index (χ3n) is 9.91. The molecule has 3 aliphatic rings. The molecule has 1 aliphatic heterocycles. The van der Waals surface area contributed by atoms with Crippen LogP contribution in [-0.4, -0.2) is 57.7 Å². The van der Waals surface area contributed by atoms with Crippen molar-refractivity contribution < 1.29 is 24.3 Å². The number of methoxy groups -OCH3 is 1. The molecule has 1 aromatic heterocycles. The number of benzene rings is 3. The first kappa shape index (κ1) is 33.4. The number of carbonyl (C=O) groups is 2. The second-order valence-electron chi connectivity index (χ2n) is 13.0. The number of hydrogen-bond acceptors (Lipinski definition) is 8. The molecule has 2 aliphatic carbocycles. The molecule has 0 bridgehead atoms. The van der Waals surface area contributed by atoms with E-state index in [-0.39, 0.29) is 12.0 Å². The van der Waals surface area contributed by atoms with Crippen molar-refractivity contribution in [3.8, 4) is 22.6 Å². The van der Waals surface area contributed by atoms with Gasteiger partial charge in [0.15, 0.2) is 5.82 Å². The van der Waals surface area contributed by atoms with Gasteiger partial charge in [0.05, 0.1) is 28.5 Å². The average molecular weight is 706 g/mol. The van der Waals surface area contributed by atoms with E-state index >= 15 is 0 Å². The molecule has 4 aromatic rings. The molecule has 0 spiro atoms. The van der Waals surface area contributed by atoms with Gasteiger partial charge in [0.25, 0.3) is 11.8 Å². The number of fused-ring (bicyclic) bond motifs is 2. The smallest absolute Gasteiger partial charge is 0.291 e. The molecular formula is C36H38Cl2N6O5. The topological polar surface area (TPSA) is 130 Å². The summed E-state index contributed by atoms with van der Waals surface area (Å²) in [6.45, 7) is 1.97. The zero-order chi connectivity index (χ0) is 34.4. The van der Waals surface area contributed by atoms with Gasteiger partial charge in [-0.25, -0.2) is 10.5 Å². The Morgan fingerprint density at radius 1 is 1.06 bits per heavy atom. The number of ether oxygens (including phenoxy) is 2. The Bertz CT molecular complexity index is 1960. The Morgan fingerprint density at radius 3 is 2.59 bits per heavy atom. The first-order chi connectivity index (χ1) is 23.6. The number of nitrogens with zero attached hydrogens (tertiary/aromatic N) is 3. The number of nitrogens with one attached hydrogen (secondary N) is 3. The van der Waals surface area contributed by atoms with Crippen molar-refractivity contribution in [2.24, 2.45) is 7.05 Å². The van der Waals surface area contributed by atoms with Crippen LogP contribution in [0, 0.1) is 0 Å². The fourth-order valence-electron chi connectivity index (χ4n) is 7.00. The predicted octanol–water partition coefficient (Wildman–Crippen LogP) is 5.84. The normalized spacial score (nSPS) is 17.6. The van der Waals surface area contributed by atoms with E-state index in [1.54, 1.807) is 30.8 Å². The van der Waals surface area contributed by atoms with Gasteiger partial charge in [-0.15, -0.1) is 0 Å². The van der Waals surface area contributed by atoms with E-state index in [1.807, 2.05) is 35.9 Å². The first-order valence-corrected chi connectivity index (χ1v) is 17.1. The van der Waals surface area contributed by atoms with Gasteiger partial charge in [-0.3, -0.25) is 20.1 Å². The molecule has 1 atom stereocenters. The minimum absolute atomic E-state index is 0.251. The minimum Gasteiger partial charge on any atom is -0.496 e. The quantitative estimate of drug-likeness (QED) is 0.120. The number of imidazole rings is 1. The standard InChI is InChI=1S/C36H38Cl2N6O5/c1-43-15-12-28-27(19-43)40-33(44(28)2)34(45)41-26-9-5-8-24(32(26)38)21-6-4-7-23-22(21)10-11-29(23)49-31-17-30(48-3)20(16-25(31)37)18-39-36(13-14-36)35(46)42-47/h4-9,16-17,29,39,47H,10-15,18-19H2,1-3H3,(H,41,45)(H,42,46). The minimum atomic E-state index is -0.781. The van der Waals surface area contributed by atoms with Crippen molar-refractivity contribution in [1.29, 1.82) is 0 Å². The maximum atomic E-state index is 13.4. The fraction of sp³-hybridized carbons (Fsp3) is 0.361. The summed E-state index contributed by atoms with van der Waals surface area (Å²) in [5.41, 5.74) is 8.22. The number of carbonyl (C=O) groups excluding carboxylic acids is 2. The summed E-state index contributed by atoms with van der Waals surface area (Å²) in [4.78, 5) is 32.3. The van der Waals surface area contributed by atoms with Crippen LogP contribution in [0.1, 0.15) is 64.1 Å². The highest BCUT2D eigenvalue weighted by molar-refractivity contribution is 6.36. The number of rotatable bonds is 10. The molecule has 2 heterocycles. The number of hydroxylamine groups is 1. The molecule has 2 amide bonds. The summed E-state index contributed by atoms with van der Waals surface area (Å²) in [5.74, 6) is 0.670. The lowest BCUT2D eigenvalue weighted by atomic mass is 9.96. The average Bonchev–Trinajstić information content (AvgIpc) is 3.68. The highest BCUT2D eigenvalue weighted by Gasteiger charge is 2.49. The summed E-state index contributed by atoms with van der Waals surface area (Å²) in [6.07, 6.45) is 3.37. The second-order valence-corrected chi connectivity index (χ2v) is 13.8. The predicted molar refractivity (Wildman–Crippen MR) is 187 cm³/mol. The number of anilines is 1. The van der Waals surface area contributed by atoms with Gasteiger partial charge < -0.3 is 24.3 Å². The molecule has 1 saturated carbocycles. The van der Waals surface area contributed by atoms with Crippen LogP contribution in [-0.2, 0) is 37.8 Å². The van der Waals surface area contributed by atoms with E-state index in [1.165, 1.54) is 0 Å². The largest absolute Gasteiger partial charge is 0.496 e. The zero-order valence-corrected chi connectivity index (χ0v) is 29.0. The third-order valence-corrected chi connectivity index (χ3v) is 10.6. The monoisotopic (exact) mass is 704 g/mol. The van der Waals surface area contributed by atoms with Gasteiger partial charge in [-0.2, -0.15) is 0 Å². The third kappa shape index (κ3) is 6.26. The van der Waals surface area contributed by atoms with E-state index in [9.17, 15) is 9.59 Å². The van der Waals surface area contributed by atoms with E-state index in [0.29, 0.717) is 59.0 Å². The summed E-state index contributed by atoms with van der Waals surface area (Å²) < 4.78 is 14.0. The summed E-state index contributed by atoms with van der Waals surface area (Å²) >= 11 is 13.7. The summed E-state index contributed by atoms with van der Waals surface area (Å²) in [7, 11) is 5.51. The Balaban J connectivity index is 1.10. The molecule has 1 fully saturated rings. The highest BCUT2D eigenvalue weighted by atomic mass is 35.5. The first-order valence-electron chi connectivity index (χ1n) is 16.3. The molecule has 3 aromatic carbocycles. The SMILES string of the molecule is COc1cc(OC2CCc3c(-c4cccc(NC(=O)c5nc6c(n5C)CCN(C)C6)c4Cl)cccc32)c(Cl)cc1CNC1(C(=O)NO)CC1. The van der Waals surface area contributed by atoms with E-state index < -0.39 is 11.4 Å². The number of aromatic nitrogens is 2. The maximum absolute atomic E-state index is 13.4. The Morgan fingerprint density at radius 2 is 1.84 bits per heavy atom. The molecule has 0 saturated heterocycles. The van der Waals surface area contributed by atoms with Crippen LogP contribution in [0.2, 0.25) is 10.0 Å². The molecule has 0 radical (unpaired) electrons. The lowest BCUT2D eigenvalue weighted by Gasteiger charge is -2.21. The van der Waals surface area contributed by atoms with Gasteiger partial charge in [0, 0.05) is 56.0 Å². The van der Waals surface area contributed by atoms with Gasteiger partial charge in [-0.1, -0.05) is 53.5 Å². The zero-order valence-electron chi connectivity index (χ0n) is 27.5. The molecule has 256 valence electrons. The molecular weight excluding hydrogens is 667 g/mol. The molecule has 11 nitrogen and oxygen atoms in total. The van der Waals surface area contributed by atoms with Crippen LogP contribution in [0.4, 0.5) is 5.69 Å². The Kier molecular flexibility index (Phi) is 9.06. The van der Waals surface area contributed by atoms with Gasteiger partial charge in [0.1, 0.15) is 23.1 Å². The molecule has 13 heteroatoms. The molecule has 4 N–H and O–H groups in total. The lowest BCUT2D eigenvalue weighted by molar-refractivity contribution is -0.132. The van der Waals surface area contributed by atoms with Crippen molar-refractivity contribution >= 4 is 40.7 Å².